The van der Waals surface area contributed by atoms with E-state index < -0.39 is 11.7 Å². The zero-order valence-corrected chi connectivity index (χ0v) is 10.9. The lowest BCUT2D eigenvalue weighted by atomic mass is 9.82. The van der Waals surface area contributed by atoms with Gasteiger partial charge >= 0.3 is 0 Å². The normalized spacial score (nSPS) is 22.2. The van der Waals surface area contributed by atoms with Crippen LogP contribution in [0.25, 0.3) is 0 Å². The van der Waals surface area contributed by atoms with E-state index in [2.05, 4.69) is 0 Å². The molecule has 0 saturated heterocycles. The van der Waals surface area contributed by atoms with Crippen molar-refractivity contribution in [2.45, 2.75) is 45.0 Å². The van der Waals surface area contributed by atoms with Crippen LogP contribution in [0.3, 0.4) is 0 Å². The molecule has 1 atom stereocenters. The molecular weight excluding hydrogens is 253 g/mol. The van der Waals surface area contributed by atoms with E-state index in [1.807, 2.05) is 0 Å². The molecule has 0 radical (unpaired) electrons. The first-order valence-corrected chi connectivity index (χ1v) is 6.54. The van der Waals surface area contributed by atoms with Gasteiger partial charge in [-0.25, -0.2) is 13.2 Å². The number of hydrogen-bond acceptors (Lipinski definition) is 1. The summed E-state index contributed by atoms with van der Waals surface area (Å²) in [6.45, 7) is 1.74. The summed E-state index contributed by atoms with van der Waals surface area (Å²) in [6.07, 6.45) is 0.703. The average molecular weight is 270 g/mol. The van der Waals surface area contributed by atoms with Crippen LogP contribution >= 0.6 is 0 Å². The van der Waals surface area contributed by atoms with E-state index in [1.54, 1.807) is 13.0 Å². The molecule has 0 aromatic heterocycles. The van der Waals surface area contributed by atoms with Crippen molar-refractivity contribution in [1.29, 1.82) is 0 Å². The summed E-state index contributed by atoms with van der Waals surface area (Å²) < 4.78 is 40.1. The molecule has 1 aromatic carbocycles. The first-order valence-electron chi connectivity index (χ1n) is 6.54. The van der Waals surface area contributed by atoms with Gasteiger partial charge in [0.2, 0.25) is 5.92 Å². The van der Waals surface area contributed by atoms with Gasteiger partial charge in [-0.05, 0) is 43.4 Å². The molecule has 1 aliphatic carbocycles. The Balaban J connectivity index is 2.04. The van der Waals surface area contributed by atoms with Crippen LogP contribution in [0.1, 0.15) is 48.0 Å². The molecule has 1 fully saturated rings. The lowest BCUT2D eigenvalue weighted by Crippen LogP contribution is -2.27. The monoisotopic (exact) mass is 270 g/mol. The maximum absolute atomic E-state index is 13.6. The number of ketones is 1. The summed E-state index contributed by atoms with van der Waals surface area (Å²) in [4.78, 5) is 12.0. The van der Waals surface area contributed by atoms with Crippen molar-refractivity contribution >= 4 is 5.78 Å². The van der Waals surface area contributed by atoms with Crippen LogP contribution in [0, 0.1) is 18.7 Å². The van der Waals surface area contributed by atoms with Crippen molar-refractivity contribution in [3.8, 4) is 0 Å². The quantitative estimate of drug-likeness (QED) is 0.737. The molecule has 0 amide bonds. The summed E-state index contributed by atoms with van der Waals surface area (Å²) >= 11 is 0. The molecule has 104 valence electrons. The zero-order chi connectivity index (χ0) is 14.0. The third kappa shape index (κ3) is 3.58. The van der Waals surface area contributed by atoms with Gasteiger partial charge in [-0.1, -0.05) is 6.07 Å². The molecule has 0 bridgehead atoms. The number of carbonyl (C=O) groups excluding carboxylic acids is 1. The van der Waals surface area contributed by atoms with Crippen molar-refractivity contribution in [1.82, 2.24) is 0 Å². The molecule has 1 aliphatic rings. The number of rotatable bonds is 3. The molecule has 2 rings (SSSR count). The minimum Gasteiger partial charge on any atom is -0.294 e. The fourth-order valence-electron chi connectivity index (χ4n) is 2.67. The van der Waals surface area contributed by atoms with Gasteiger partial charge < -0.3 is 0 Å². The molecule has 0 aliphatic heterocycles. The number of aryl methyl sites for hydroxylation is 1. The minimum atomic E-state index is -2.67. The van der Waals surface area contributed by atoms with Crippen LogP contribution in [0.15, 0.2) is 18.2 Å². The van der Waals surface area contributed by atoms with E-state index in [9.17, 15) is 18.0 Å². The highest BCUT2D eigenvalue weighted by Crippen LogP contribution is 2.38. The first kappa shape index (κ1) is 14.1. The topological polar surface area (TPSA) is 17.1 Å². The number of hydrogen-bond donors (Lipinski definition) is 0. The zero-order valence-electron chi connectivity index (χ0n) is 10.9. The van der Waals surface area contributed by atoms with Crippen molar-refractivity contribution in [3.63, 3.8) is 0 Å². The highest BCUT2D eigenvalue weighted by Gasteiger charge is 2.37. The second kappa shape index (κ2) is 5.35. The first-order chi connectivity index (χ1) is 8.87. The smallest absolute Gasteiger partial charge is 0.248 e. The molecule has 0 N–H and O–H groups in total. The Kier molecular flexibility index (Phi) is 3.97. The van der Waals surface area contributed by atoms with E-state index in [0.29, 0.717) is 12.8 Å². The fraction of sp³-hybridized carbons (Fsp3) is 0.533. The lowest BCUT2D eigenvalue weighted by Gasteiger charge is -2.28. The van der Waals surface area contributed by atoms with Crippen molar-refractivity contribution in [2.24, 2.45) is 5.92 Å². The summed E-state index contributed by atoms with van der Waals surface area (Å²) in [5.41, 5.74) is 0.748. The molecule has 1 aromatic rings. The van der Waals surface area contributed by atoms with Crippen LogP contribution in [-0.2, 0) is 0 Å². The number of carbonyl (C=O) groups is 1. The van der Waals surface area contributed by atoms with Gasteiger partial charge in [-0.2, -0.15) is 0 Å². The maximum atomic E-state index is 13.6. The fourth-order valence-corrected chi connectivity index (χ4v) is 2.67. The molecule has 1 nitrogen and oxygen atoms in total. The number of halogens is 3. The number of benzene rings is 1. The second-order valence-corrected chi connectivity index (χ2v) is 5.43. The maximum Gasteiger partial charge on any atom is 0.248 e. The van der Waals surface area contributed by atoms with E-state index in [-0.39, 0.29) is 36.5 Å². The Morgan fingerprint density at radius 1 is 1.42 bits per heavy atom. The van der Waals surface area contributed by atoms with Crippen molar-refractivity contribution in [3.05, 3.63) is 35.1 Å². The Bertz CT molecular complexity index is 482. The second-order valence-electron chi connectivity index (χ2n) is 5.43. The molecule has 4 heteroatoms. The van der Waals surface area contributed by atoms with E-state index in [4.69, 9.17) is 0 Å². The molecule has 19 heavy (non-hydrogen) atoms. The Labute approximate surface area is 110 Å². The van der Waals surface area contributed by atoms with E-state index >= 15 is 0 Å². The summed E-state index contributed by atoms with van der Waals surface area (Å²) in [7, 11) is 0. The standard InChI is InChI=1S/C15H17F3O/c1-10-4-5-12(13(16)7-10)14(19)8-11-3-2-6-15(17,18)9-11/h4-5,7,11H,2-3,6,8-9H2,1H3. The predicted octanol–water partition coefficient (Wildman–Crippen LogP) is 4.53. The summed E-state index contributed by atoms with van der Waals surface area (Å²) in [6, 6.07) is 4.39. The molecule has 1 saturated carbocycles. The lowest BCUT2D eigenvalue weighted by molar-refractivity contribution is -0.0521. The summed E-state index contributed by atoms with van der Waals surface area (Å²) in [5, 5.41) is 0. The number of alkyl halides is 2. The van der Waals surface area contributed by atoms with Crippen LogP contribution in [-0.4, -0.2) is 11.7 Å². The third-order valence-corrected chi connectivity index (χ3v) is 3.64. The van der Waals surface area contributed by atoms with Gasteiger partial charge in [0.1, 0.15) is 5.82 Å². The van der Waals surface area contributed by atoms with Gasteiger partial charge in [0.15, 0.2) is 5.78 Å². The average Bonchev–Trinajstić information content (AvgIpc) is 2.27. The molecule has 0 spiro atoms. The van der Waals surface area contributed by atoms with Gasteiger partial charge in [0, 0.05) is 19.3 Å². The Hall–Kier alpha value is -1.32. The van der Waals surface area contributed by atoms with E-state index in [1.165, 1.54) is 12.1 Å². The van der Waals surface area contributed by atoms with Crippen LogP contribution in [0.4, 0.5) is 13.2 Å². The largest absolute Gasteiger partial charge is 0.294 e. The highest BCUT2D eigenvalue weighted by molar-refractivity contribution is 5.96. The Morgan fingerprint density at radius 2 is 2.16 bits per heavy atom. The molecule has 1 unspecified atom stereocenters. The van der Waals surface area contributed by atoms with Crippen LogP contribution in [0.5, 0.6) is 0 Å². The highest BCUT2D eigenvalue weighted by atomic mass is 19.3. The Morgan fingerprint density at radius 3 is 2.79 bits per heavy atom. The predicted molar refractivity (Wildman–Crippen MR) is 67.0 cm³/mol. The van der Waals surface area contributed by atoms with Gasteiger partial charge in [0.05, 0.1) is 5.56 Å². The molecule has 0 heterocycles. The SMILES string of the molecule is Cc1ccc(C(=O)CC2CCCC(F)(F)C2)c(F)c1. The molecular formula is C15H17F3O. The third-order valence-electron chi connectivity index (χ3n) is 3.64. The summed E-state index contributed by atoms with van der Waals surface area (Å²) in [5.74, 6) is -3.95. The van der Waals surface area contributed by atoms with Crippen molar-refractivity contribution < 1.29 is 18.0 Å². The minimum absolute atomic E-state index is 0.00949. The number of Topliss-reactive ketones (excluding diaryl/α,β-unsaturated/α-hetero) is 1. The van der Waals surface area contributed by atoms with Crippen LogP contribution in [0.2, 0.25) is 0 Å². The van der Waals surface area contributed by atoms with Gasteiger partial charge in [-0.15, -0.1) is 0 Å². The van der Waals surface area contributed by atoms with Gasteiger partial charge in [-0.3, -0.25) is 4.79 Å². The van der Waals surface area contributed by atoms with E-state index in [0.717, 1.165) is 5.56 Å². The van der Waals surface area contributed by atoms with Gasteiger partial charge in [0.25, 0.3) is 0 Å². The van der Waals surface area contributed by atoms with Crippen LogP contribution < -0.4 is 0 Å². The van der Waals surface area contributed by atoms with Crippen molar-refractivity contribution in [2.75, 3.05) is 0 Å².